The molecule has 4 heteroatoms. The average molecular weight is 282 g/mol. The third-order valence-corrected chi connectivity index (χ3v) is 5.78. The fourth-order valence-electron chi connectivity index (χ4n) is 1.72. The molecule has 0 saturated carbocycles. The Labute approximate surface area is 116 Å². The van der Waals surface area contributed by atoms with Crippen LogP contribution in [-0.2, 0) is 14.1 Å². The zero-order chi connectivity index (χ0) is 14.6. The van der Waals surface area contributed by atoms with Gasteiger partial charge in [-0.3, -0.25) is 4.79 Å². The van der Waals surface area contributed by atoms with Crippen molar-refractivity contribution in [2.45, 2.75) is 25.7 Å². The molecule has 0 aliphatic rings. The summed E-state index contributed by atoms with van der Waals surface area (Å²) in [6, 6.07) is 0. The topological polar surface area (TPSA) is 43.4 Å². The molecule has 0 saturated heterocycles. The summed E-state index contributed by atoms with van der Waals surface area (Å²) in [5.74, 6) is 1.77. The highest BCUT2D eigenvalue weighted by Gasteiger charge is 2.25. The van der Waals surface area contributed by atoms with E-state index in [1.807, 2.05) is 0 Å². The van der Waals surface area contributed by atoms with E-state index >= 15 is 0 Å². The van der Waals surface area contributed by atoms with Crippen LogP contribution < -0.4 is 0 Å². The van der Waals surface area contributed by atoms with E-state index in [1.54, 1.807) is 12.2 Å². The van der Waals surface area contributed by atoms with Crippen molar-refractivity contribution in [3.8, 4) is 12.3 Å². The molecule has 0 aliphatic carbocycles. The average Bonchev–Trinajstić information content (AvgIpc) is 2.37. The zero-order valence-corrected chi connectivity index (χ0v) is 12.4. The first-order valence-electron chi connectivity index (χ1n) is 6.46. The van der Waals surface area contributed by atoms with Crippen molar-refractivity contribution < 1.29 is 14.1 Å². The first-order valence-corrected chi connectivity index (χ1v) is 8.72. The van der Waals surface area contributed by atoms with Gasteiger partial charge in [-0.2, -0.15) is 0 Å². The second kappa shape index (κ2) is 10.6. The molecule has 0 radical (unpaired) electrons. The molecule has 0 aromatic heterocycles. The summed E-state index contributed by atoms with van der Waals surface area (Å²) in [6.07, 6.45) is 12.9. The lowest BCUT2D eigenvalue weighted by molar-refractivity contribution is -0.139. The van der Waals surface area contributed by atoms with Gasteiger partial charge in [0, 0.05) is 12.3 Å². The quantitative estimate of drug-likeness (QED) is 0.192. The molecule has 0 bridgehead atoms. The number of esters is 1. The monoisotopic (exact) mass is 282 g/mol. The fraction of sp³-hybridized carbons (Fsp3) is 0.533. The summed E-state index contributed by atoms with van der Waals surface area (Å²) in [5.41, 5.74) is 0. The van der Waals surface area contributed by atoms with Gasteiger partial charge in [0.1, 0.15) is 0 Å². The Morgan fingerprint density at radius 2 is 1.74 bits per heavy atom. The van der Waals surface area contributed by atoms with E-state index in [-0.39, 0.29) is 12.8 Å². The highest BCUT2D eigenvalue weighted by Crippen LogP contribution is 2.47. The molecule has 0 aromatic rings. The van der Waals surface area contributed by atoms with E-state index in [4.69, 9.17) is 11.2 Å². The predicted octanol–water partition coefficient (Wildman–Crippen LogP) is 3.46. The van der Waals surface area contributed by atoms with Gasteiger partial charge in [-0.15, -0.1) is 19.6 Å². The van der Waals surface area contributed by atoms with E-state index < -0.39 is 13.1 Å². The first kappa shape index (κ1) is 17.7. The lowest BCUT2D eigenvalue weighted by atomic mass is 10.3. The largest absolute Gasteiger partial charge is 0.452 e. The van der Waals surface area contributed by atoms with E-state index in [0.29, 0.717) is 12.3 Å². The number of hydrogen-bond acceptors (Lipinski definition) is 3. The van der Waals surface area contributed by atoms with Gasteiger partial charge in [0.25, 0.3) is 0 Å². The van der Waals surface area contributed by atoms with Crippen molar-refractivity contribution in [3.63, 3.8) is 0 Å². The van der Waals surface area contributed by atoms with Crippen LogP contribution in [0.25, 0.3) is 0 Å². The Morgan fingerprint density at radius 1 is 1.21 bits per heavy atom. The van der Waals surface area contributed by atoms with Crippen molar-refractivity contribution >= 4 is 13.1 Å². The number of terminal acetylenes is 1. The number of hydrogen-bond donors (Lipinski definition) is 0. The van der Waals surface area contributed by atoms with E-state index in [1.165, 1.54) is 0 Å². The molecule has 3 nitrogen and oxygen atoms in total. The maximum Gasteiger partial charge on any atom is 0.314 e. The Hall–Kier alpha value is -1.26. The lowest BCUT2D eigenvalue weighted by Gasteiger charge is -2.16. The first-order chi connectivity index (χ1) is 9.08. The minimum atomic E-state index is -2.51. The molecular formula is C15H23O3P. The maximum absolute atomic E-state index is 12.7. The van der Waals surface area contributed by atoms with Crippen LogP contribution in [0.15, 0.2) is 25.3 Å². The van der Waals surface area contributed by atoms with Crippen LogP contribution in [0.1, 0.15) is 25.7 Å². The third kappa shape index (κ3) is 9.33. The second-order valence-electron chi connectivity index (χ2n) is 4.39. The van der Waals surface area contributed by atoms with Gasteiger partial charge in [0.15, 0.2) is 6.61 Å². The Kier molecular flexibility index (Phi) is 9.94. The van der Waals surface area contributed by atoms with Crippen LogP contribution in [-0.4, -0.2) is 31.1 Å². The minimum Gasteiger partial charge on any atom is -0.452 e. The molecule has 0 rings (SSSR count). The number of unbranched alkanes of at least 4 members (excludes halogenated alkanes) is 2. The summed E-state index contributed by atoms with van der Waals surface area (Å²) in [4.78, 5) is 11.6. The van der Waals surface area contributed by atoms with Gasteiger partial charge in [-0.25, -0.2) is 0 Å². The summed E-state index contributed by atoms with van der Waals surface area (Å²) in [5, 5.41) is 0. The smallest absolute Gasteiger partial charge is 0.314 e. The third-order valence-electron chi connectivity index (χ3n) is 2.68. The van der Waals surface area contributed by atoms with Gasteiger partial charge in [0.05, 0.1) is 13.3 Å². The highest BCUT2D eigenvalue weighted by atomic mass is 31.2. The summed E-state index contributed by atoms with van der Waals surface area (Å²) < 4.78 is 17.5. The molecule has 0 unspecified atom stereocenters. The second-order valence-corrected chi connectivity index (χ2v) is 7.72. The molecule has 0 aromatic carbocycles. The van der Waals surface area contributed by atoms with Gasteiger partial charge in [0.2, 0.25) is 0 Å². The summed E-state index contributed by atoms with van der Waals surface area (Å²) in [6.45, 7) is 7.22. The van der Waals surface area contributed by atoms with Crippen molar-refractivity contribution in [2.75, 3.05) is 25.1 Å². The van der Waals surface area contributed by atoms with Crippen LogP contribution >= 0.6 is 7.14 Å². The number of allylic oxidation sites excluding steroid dienone is 2. The molecule has 0 aliphatic heterocycles. The van der Waals surface area contributed by atoms with Gasteiger partial charge >= 0.3 is 5.97 Å². The molecule has 0 atom stereocenters. The molecule has 106 valence electrons. The van der Waals surface area contributed by atoms with Crippen molar-refractivity contribution in [2.24, 2.45) is 0 Å². The molecule has 0 heterocycles. The molecule has 19 heavy (non-hydrogen) atoms. The van der Waals surface area contributed by atoms with Crippen LogP contribution in [0.2, 0.25) is 0 Å². The molecule has 0 fully saturated rings. The normalized spacial score (nSPS) is 10.5. The molecular weight excluding hydrogens is 259 g/mol. The standard InChI is InChI=1S/C15H23O3P/c1-4-7-9-12-19(17,13-10-8-5-2)14-15(16)18-11-6-3/h3-5H,1-2,7-14H2. The minimum absolute atomic E-state index is 0.0109. The van der Waals surface area contributed by atoms with Crippen molar-refractivity contribution in [1.82, 2.24) is 0 Å². The van der Waals surface area contributed by atoms with Gasteiger partial charge in [-0.1, -0.05) is 18.1 Å². The molecule has 0 amide bonds. The fourth-order valence-corrected chi connectivity index (χ4v) is 4.34. The van der Waals surface area contributed by atoms with E-state index in [2.05, 4.69) is 19.1 Å². The number of rotatable bonds is 11. The van der Waals surface area contributed by atoms with Gasteiger partial charge < -0.3 is 9.30 Å². The van der Waals surface area contributed by atoms with Crippen LogP contribution in [0.4, 0.5) is 0 Å². The van der Waals surface area contributed by atoms with Crippen molar-refractivity contribution in [1.29, 1.82) is 0 Å². The Bertz CT molecular complexity index is 361. The summed E-state index contributed by atoms with van der Waals surface area (Å²) >= 11 is 0. The number of ether oxygens (including phenoxy) is 1. The van der Waals surface area contributed by atoms with Crippen LogP contribution in [0.5, 0.6) is 0 Å². The zero-order valence-electron chi connectivity index (χ0n) is 11.5. The van der Waals surface area contributed by atoms with Crippen molar-refractivity contribution in [3.05, 3.63) is 25.3 Å². The predicted molar refractivity (Wildman–Crippen MR) is 80.9 cm³/mol. The number of carbonyl (C=O) groups is 1. The summed E-state index contributed by atoms with van der Waals surface area (Å²) in [7, 11) is -2.51. The molecule has 0 spiro atoms. The van der Waals surface area contributed by atoms with Gasteiger partial charge in [-0.05, 0) is 25.7 Å². The Balaban J connectivity index is 4.41. The van der Waals surface area contributed by atoms with Crippen LogP contribution in [0.3, 0.4) is 0 Å². The SMILES string of the molecule is C#CCOC(=O)CP(=O)(CCCC=C)CCCC=C. The van der Waals surface area contributed by atoms with E-state index in [9.17, 15) is 9.36 Å². The Morgan fingerprint density at radius 3 is 2.16 bits per heavy atom. The lowest BCUT2D eigenvalue weighted by Crippen LogP contribution is -2.13. The maximum atomic E-state index is 12.7. The molecule has 0 N–H and O–H groups in total. The van der Waals surface area contributed by atoms with Crippen LogP contribution in [0, 0.1) is 12.3 Å². The van der Waals surface area contributed by atoms with E-state index in [0.717, 1.165) is 25.7 Å². The number of carbonyl (C=O) groups excluding carboxylic acids is 1. The highest BCUT2D eigenvalue weighted by molar-refractivity contribution is 7.64.